The number of nitrogens with two attached hydrogens (primary N) is 1. The first-order valence-electron chi connectivity index (χ1n) is 6.93. The fraction of sp³-hybridized carbons (Fsp3) is 0.400. The summed E-state index contributed by atoms with van der Waals surface area (Å²) in [5, 5.41) is 2.28. The highest BCUT2D eigenvalue weighted by Gasteiger charge is 2.42. The molecule has 6 heteroatoms. The second-order valence-electron chi connectivity index (χ2n) is 5.91. The van der Waals surface area contributed by atoms with Crippen molar-refractivity contribution in [2.75, 3.05) is 0 Å². The van der Waals surface area contributed by atoms with Gasteiger partial charge in [-0.05, 0) is 12.5 Å². The van der Waals surface area contributed by atoms with Gasteiger partial charge in [0.2, 0.25) is 11.8 Å². The average Bonchev–Trinajstić information content (AvgIpc) is 2.39. The molecule has 0 saturated carbocycles. The highest BCUT2D eigenvalue weighted by atomic mass is 16.2. The molecule has 6 nitrogen and oxygen atoms in total. The van der Waals surface area contributed by atoms with Gasteiger partial charge >= 0.3 is 0 Å². The summed E-state index contributed by atoms with van der Waals surface area (Å²) in [5.41, 5.74) is 6.78. The molecule has 1 aliphatic carbocycles. The molecule has 3 aliphatic rings. The van der Waals surface area contributed by atoms with Crippen molar-refractivity contribution in [1.29, 1.82) is 0 Å². The van der Waals surface area contributed by atoms with Crippen molar-refractivity contribution in [2.45, 2.75) is 32.2 Å². The van der Waals surface area contributed by atoms with Crippen molar-refractivity contribution in [2.24, 2.45) is 11.1 Å². The number of piperidine rings is 1. The molecule has 0 aromatic carbocycles. The molecule has 110 valence electrons. The van der Waals surface area contributed by atoms with Gasteiger partial charge in [0.25, 0.3) is 5.91 Å². The molecule has 3 amide bonds. The first-order chi connectivity index (χ1) is 9.90. The highest BCUT2D eigenvalue weighted by molar-refractivity contribution is 6.05. The third kappa shape index (κ3) is 2.16. The SMILES string of the molecule is CC12C=CN(C3CCC(=O)NC3=O)C(=O)C1=CC=C(N)C2. The minimum absolute atomic E-state index is 0.196. The third-order valence-corrected chi connectivity index (χ3v) is 4.26. The Kier molecular flexibility index (Phi) is 2.97. The van der Waals surface area contributed by atoms with Gasteiger partial charge < -0.3 is 10.6 Å². The zero-order valence-electron chi connectivity index (χ0n) is 11.8. The van der Waals surface area contributed by atoms with Crippen LogP contribution in [0.4, 0.5) is 0 Å². The molecule has 3 rings (SSSR count). The lowest BCUT2D eigenvalue weighted by molar-refractivity contribution is -0.142. The molecule has 2 aliphatic heterocycles. The molecule has 0 bridgehead atoms. The van der Waals surface area contributed by atoms with E-state index in [0.29, 0.717) is 18.4 Å². The number of carbonyl (C=O) groups excluding carboxylic acids is 3. The number of carbonyl (C=O) groups is 3. The van der Waals surface area contributed by atoms with Crippen molar-refractivity contribution in [3.63, 3.8) is 0 Å². The fourth-order valence-electron chi connectivity index (χ4n) is 3.07. The molecule has 2 unspecified atom stereocenters. The molecule has 1 saturated heterocycles. The van der Waals surface area contributed by atoms with E-state index >= 15 is 0 Å². The fourth-order valence-corrected chi connectivity index (χ4v) is 3.07. The zero-order valence-corrected chi connectivity index (χ0v) is 11.8. The molecule has 0 radical (unpaired) electrons. The smallest absolute Gasteiger partial charge is 0.255 e. The van der Waals surface area contributed by atoms with Gasteiger partial charge in [-0.3, -0.25) is 19.7 Å². The van der Waals surface area contributed by atoms with E-state index in [9.17, 15) is 14.4 Å². The van der Waals surface area contributed by atoms with E-state index in [1.54, 1.807) is 18.4 Å². The van der Waals surface area contributed by atoms with Crippen LogP contribution < -0.4 is 11.1 Å². The third-order valence-electron chi connectivity index (χ3n) is 4.26. The Morgan fingerprint density at radius 2 is 2.10 bits per heavy atom. The number of rotatable bonds is 1. The molecule has 1 fully saturated rings. The maximum atomic E-state index is 12.7. The minimum Gasteiger partial charge on any atom is -0.402 e. The van der Waals surface area contributed by atoms with Gasteiger partial charge in [-0.2, -0.15) is 0 Å². The van der Waals surface area contributed by atoms with Crippen LogP contribution in [0.2, 0.25) is 0 Å². The topological polar surface area (TPSA) is 92.5 Å². The van der Waals surface area contributed by atoms with Crippen molar-refractivity contribution in [1.82, 2.24) is 10.2 Å². The second-order valence-corrected chi connectivity index (χ2v) is 5.91. The summed E-state index contributed by atoms with van der Waals surface area (Å²) < 4.78 is 0. The quantitative estimate of drug-likeness (QED) is 0.680. The van der Waals surface area contributed by atoms with Gasteiger partial charge in [-0.15, -0.1) is 0 Å². The Morgan fingerprint density at radius 1 is 1.33 bits per heavy atom. The molecule has 3 N–H and O–H groups in total. The van der Waals surface area contributed by atoms with E-state index in [-0.39, 0.29) is 18.2 Å². The van der Waals surface area contributed by atoms with Crippen LogP contribution in [-0.4, -0.2) is 28.7 Å². The van der Waals surface area contributed by atoms with Gasteiger partial charge in [-0.1, -0.05) is 19.1 Å². The van der Waals surface area contributed by atoms with Crippen LogP contribution in [0.25, 0.3) is 0 Å². The number of hydrogen-bond acceptors (Lipinski definition) is 4. The molecule has 21 heavy (non-hydrogen) atoms. The Balaban J connectivity index is 1.92. The lowest BCUT2D eigenvalue weighted by atomic mass is 9.73. The van der Waals surface area contributed by atoms with Gasteiger partial charge in [0.05, 0.1) is 0 Å². The van der Waals surface area contributed by atoms with E-state index in [1.807, 2.05) is 13.0 Å². The van der Waals surface area contributed by atoms with Crippen LogP contribution in [0.3, 0.4) is 0 Å². The van der Waals surface area contributed by atoms with Crippen LogP contribution in [-0.2, 0) is 14.4 Å². The van der Waals surface area contributed by atoms with Gasteiger partial charge in [0.1, 0.15) is 6.04 Å². The lowest BCUT2D eigenvalue weighted by Crippen LogP contribution is -2.54. The number of nitrogens with zero attached hydrogens (tertiary/aromatic N) is 1. The van der Waals surface area contributed by atoms with E-state index in [0.717, 1.165) is 5.70 Å². The summed E-state index contributed by atoms with van der Waals surface area (Å²) in [6, 6.07) is -0.625. The molecule has 2 atom stereocenters. The van der Waals surface area contributed by atoms with Crippen molar-refractivity contribution >= 4 is 17.7 Å². The van der Waals surface area contributed by atoms with Crippen LogP contribution in [0.15, 0.2) is 35.7 Å². The van der Waals surface area contributed by atoms with E-state index in [2.05, 4.69) is 5.32 Å². The van der Waals surface area contributed by atoms with Crippen molar-refractivity contribution in [3.8, 4) is 0 Å². The molecule has 0 aromatic heterocycles. The van der Waals surface area contributed by atoms with Gasteiger partial charge in [0, 0.05) is 35.7 Å². The first kappa shape index (κ1) is 13.6. The van der Waals surface area contributed by atoms with Crippen molar-refractivity contribution < 1.29 is 14.4 Å². The van der Waals surface area contributed by atoms with Crippen LogP contribution >= 0.6 is 0 Å². The number of allylic oxidation sites excluding steroid dienone is 4. The summed E-state index contributed by atoms with van der Waals surface area (Å²) in [6.45, 7) is 1.95. The summed E-state index contributed by atoms with van der Waals surface area (Å²) in [5.74, 6) is -0.903. The Labute approximate surface area is 122 Å². The first-order valence-corrected chi connectivity index (χ1v) is 6.93. The van der Waals surface area contributed by atoms with E-state index in [1.165, 1.54) is 4.90 Å². The summed E-state index contributed by atoms with van der Waals surface area (Å²) >= 11 is 0. The minimum atomic E-state index is -0.625. The summed E-state index contributed by atoms with van der Waals surface area (Å²) in [4.78, 5) is 37.2. The van der Waals surface area contributed by atoms with Crippen LogP contribution in [0.5, 0.6) is 0 Å². The maximum absolute atomic E-state index is 12.7. The number of nitrogens with one attached hydrogen (secondary N) is 1. The highest BCUT2D eigenvalue weighted by Crippen LogP contribution is 2.41. The van der Waals surface area contributed by atoms with Gasteiger partial charge in [-0.25, -0.2) is 0 Å². The standard InChI is InChI=1S/C15H17N3O3/c1-15-6-7-18(11-4-5-12(19)17-13(11)20)14(21)10(15)3-2-9(16)8-15/h2-3,6-7,11H,4-5,8,16H2,1H3,(H,17,19,20). The Hall–Kier alpha value is -2.37. The lowest BCUT2D eigenvalue weighted by Gasteiger charge is -2.40. The van der Waals surface area contributed by atoms with Crippen molar-refractivity contribution in [3.05, 3.63) is 35.7 Å². The largest absolute Gasteiger partial charge is 0.402 e. The number of hydrogen-bond donors (Lipinski definition) is 2. The normalized spacial score (nSPS) is 32.3. The zero-order chi connectivity index (χ0) is 15.2. The number of amides is 3. The molecule has 0 spiro atoms. The summed E-state index contributed by atoms with van der Waals surface area (Å²) in [7, 11) is 0. The Bertz CT molecular complexity index is 632. The second kappa shape index (κ2) is 4.58. The summed E-state index contributed by atoms with van der Waals surface area (Å²) in [6.07, 6.45) is 8.20. The van der Waals surface area contributed by atoms with Gasteiger partial charge in [0.15, 0.2) is 0 Å². The number of imide groups is 1. The Morgan fingerprint density at radius 3 is 2.81 bits per heavy atom. The predicted octanol–water partition coefficient (Wildman–Crippen LogP) is 0.326. The molecule has 0 aromatic rings. The predicted molar refractivity (Wildman–Crippen MR) is 75.2 cm³/mol. The van der Waals surface area contributed by atoms with Crippen LogP contribution in [0.1, 0.15) is 26.2 Å². The molecular formula is C15H17N3O3. The average molecular weight is 287 g/mol. The van der Waals surface area contributed by atoms with Crippen LogP contribution in [0, 0.1) is 5.41 Å². The number of fused-ring (bicyclic) bond motifs is 1. The van der Waals surface area contributed by atoms with E-state index < -0.39 is 17.4 Å². The maximum Gasteiger partial charge on any atom is 0.255 e. The monoisotopic (exact) mass is 287 g/mol. The molecular weight excluding hydrogens is 270 g/mol. The van der Waals surface area contributed by atoms with E-state index in [4.69, 9.17) is 5.73 Å². The molecule has 2 heterocycles.